The molecule has 2 heterocycles. The van der Waals surface area contributed by atoms with Crippen molar-refractivity contribution in [2.24, 2.45) is 5.10 Å². The number of rotatable bonds is 5. The maximum atomic E-state index is 11.9. The molecule has 0 bridgehead atoms. The van der Waals surface area contributed by atoms with E-state index in [-0.39, 0.29) is 5.91 Å². The van der Waals surface area contributed by atoms with Crippen LogP contribution < -0.4 is 5.43 Å². The lowest BCUT2D eigenvalue weighted by atomic mass is 10.3. The summed E-state index contributed by atoms with van der Waals surface area (Å²) >= 11 is 4.96. The summed E-state index contributed by atoms with van der Waals surface area (Å²) in [7, 11) is 0. The fourth-order valence-electron chi connectivity index (χ4n) is 1.82. The van der Waals surface area contributed by atoms with Crippen LogP contribution in [0.1, 0.15) is 16.1 Å². The zero-order chi connectivity index (χ0) is 16.8. The number of halogens is 1. The first-order chi connectivity index (χ1) is 11.7. The van der Waals surface area contributed by atoms with Crippen molar-refractivity contribution in [2.75, 3.05) is 0 Å². The number of hydrazone groups is 1. The van der Waals surface area contributed by atoms with Crippen LogP contribution in [0.3, 0.4) is 0 Å². The molecular formula is C17H12BrN3O2S. The highest BCUT2D eigenvalue weighted by Gasteiger charge is 2.09. The van der Waals surface area contributed by atoms with Crippen LogP contribution in [0.5, 0.6) is 0 Å². The van der Waals surface area contributed by atoms with Gasteiger partial charge in [-0.25, -0.2) is 5.43 Å². The van der Waals surface area contributed by atoms with Crippen LogP contribution in [0.4, 0.5) is 0 Å². The van der Waals surface area contributed by atoms with Gasteiger partial charge in [-0.2, -0.15) is 5.10 Å². The van der Waals surface area contributed by atoms with Gasteiger partial charge in [0.25, 0.3) is 5.91 Å². The summed E-state index contributed by atoms with van der Waals surface area (Å²) in [5.74, 6) is 0.230. The van der Waals surface area contributed by atoms with Crippen LogP contribution in [0, 0.1) is 0 Å². The molecule has 0 aliphatic rings. The van der Waals surface area contributed by atoms with Crippen molar-refractivity contribution >= 4 is 39.8 Å². The van der Waals surface area contributed by atoms with E-state index in [1.807, 2.05) is 30.3 Å². The molecule has 0 saturated heterocycles. The van der Waals surface area contributed by atoms with E-state index in [4.69, 9.17) is 4.42 Å². The molecule has 0 aliphatic heterocycles. The Morgan fingerprint density at radius 3 is 2.71 bits per heavy atom. The molecule has 1 aromatic carbocycles. The van der Waals surface area contributed by atoms with E-state index in [0.717, 1.165) is 14.5 Å². The number of nitrogens with zero attached hydrogens (tertiary/aromatic N) is 2. The molecule has 0 atom stereocenters. The molecule has 120 valence electrons. The number of aromatic nitrogens is 1. The molecule has 0 radical (unpaired) electrons. The average Bonchev–Trinajstić information content (AvgIpc) is 2.96. The largest absolute Gasteiger partial charge is 0.447 e. The number of furan rings is 1. The summed E-state index contributed by atoms with van der Waals surface area (Å²) in [5, 5.41) is 4.64. The van der Waals surface area contributed by atoms with Crippen LogP contribution in [-0.2, 0) is 0 Å². The molecule has 0 fully saturated rings. The first kappa shape index (κ1) is 16.5. The number of pyridine rings is 1. The summed E-state index contributed by atoms with van der Waals surface area (Å²) in [5.41, 5.74) is 2.94. The van der Waals surface area contributed by atoms with E-state index in [0.29, 0.717) is 11.3 Å². The molecule has 3 aromatic rings. The second kappa shape index (κ2) is 7.94. The Morgan fingerprint density at radius 2 is 1.96 bits per heavy atom. The summed E-state index contributed by atoms with van der Waals surface area (Å²) in [6.45, 7) is 0. The second-order valence-corrected chi connectivity index (χ2v) is 6.53. The van der Waals surface area contributed by atoms with Gasteiger partial charge in [0.2, 0.25) is 0 Å². The van der Waals surface area contributed by atoms with E-state index in [9.17, 15) is 4.79 Å². The van der Waals surface area contributed by atoms with E-state index in [1.54, 1.807) is 30.6 Å². The van der Waals surface area contributed by atoms with Gasteiger partial charge >= 0.3 is 0 Å². The molecule has 1 amide bonds. The van der Waals surface area contributed by atoms with Crippen molar-refractivity contribution in [2.45, 2.75) is 9.99 Å². The average molecular weight is 402 g/mol. The van der Waals surface area contributed by atoms with Crippen molar-refractivity contribution in [1.82, 2.24) is 10.4 Å². The van der Waals surface area contributed by atoms with Crippen molar-refractivity contribution in [3.8, 4) is 0 Å². The minimum absolute atomic E-state index is 0.307. The SMILES string of the molecule is O=C(N/N=C\c1cc(Br)c(Sc2ccccc2)o1)c1ccncc1. The number of hydrogen-bond donors (Lipinski definition) is 1. The van der Waals surface area contributed by atoms with E-state index >= 15 is 0 Å². The number of nitrogens with one attached hydrogen (secondary N) is 1. The smallest absolute Gasteiger partial charge is 0.271 e. The predicted molar refractivity (Wildman–Crippen MR) is 96.3 cm³/mol. The molecule has 5 nitrogen and oxygen atoms in total. The monoisotopic (exact) mass is 401 g/mol. The van der Waals surface area contributed by atoms with Crippen LogP contribution in [-0.4, -0.2) is 17.1 Å². The molecule has 3 rings (SSSR count). The van der Waals surface area contributed by atoms with Crippen LogP contribution >= 0.6 is 27.7 Å². The van der Waals surface area contributed by atoms with Crippen molar-refractivity contribution in [1.29, 1.82) is 0 Å². The predicted octanol–water partition coefficient (Wildman–Crippen LogP) is 4.35. The van der Waals surface area contributed by atoms with Gasteiger partial charge in [-0.15, -0.1) is 0 Å². The lowest BCUT2D eigenvalue weighted by Crippen LogP contribution is -2.17. The Morgan fingerprint density at radius 1 is 1.21 bits per heavy atom. The topological polar surface area (TPSA) is 67.5 Å². The normalized spacial score (nSPS) is 10.9. The third-order valence-corrected chi connectivity index (χ3v) is 4.78. The van der Waals surface area contributed by atoms with Gasteiger partial charge in [0.1, 0.15) is 5.76 Å². The summed E-state index contributed by atoms with van der Waals surface area (Å²) in [4.78, 5) is 16.8. The Bertz CT molecular complexity index is 851. The van der Waals surface area contributed by atoms with Gasteiger partial charge in [-0.1, -0.05) is 30.0 Å². The number of carbonyl (C=O) groups is 1. The first-order valence-electron chi connectivity index (χ1n) is 6.98. The highest BCUT2D eigenvalue weighted by Crippen LogP contribution is 2.35. The number of hydrogen-bond acceptors (Lipinski definition) is 5. The molecule has 7 heteroatoms. The fourth-order valence-corrected chi connectivity index (χ4v) is 3.17. The minimum atomic E-state index is -0.307. The van der Waals surface area contributed by atoms with Crippen LogP contribution in [0.15, 0.2) is 84.9 Å². The molecule has 0 aliphatic carbocycles. The Hall–Kier alpha value is -2.38. The standard InChI is InChI=1S/C17H12BrN3O2S/c18-15-10-13(23-17(15)24-14-4-2-1-3-5-14)11-20-21-16(22)12-6-8-19-9-7-12/h1-11H,(H,21,22)/b20-11-. The summed E-state index contributed by atoms with van der Waals surface area (Å²) < 4.78 is 6.54. The van der Waals surface area contributed by atoms with Crippen molar-refractivity contribution in [3.63, 3.8) is 0 Å². The minimum Gasteiger partial charge on any atom is -0.447 e. The molecule has 0 saturated carbocycles. The highest BCUT2D eigenvalue weighted by molar-refractivity contribution is 9.10. The van der Waals surface area contributed by atoms with Crippen LogP contribution in [0.25, 0.3) is 0 Å². The molecule has 1 N–H and O–H groups in total. The first-order valence-corrected chi connectivity index (χ1v) is 8.59. The summed E-state index contributed by atoms with van der Waals surface area (Å²) in [6.07, 6.45) is 4.56. The van der Waals surface area contributed by atoms with Gasteiger partial charge in [0.05, 0.1) is 10.7 Å². The fraction of sp³-hybridized carbons (Fsp3) is 0. The quantitative estimate of drug-likeness (QED) is 0.509. The van der Waals surface area contributed by atoms with Gasteiger partial charge in [-0.05, 0) is 40.2 Å². The lowest BCUT2D eigenvalue weighted by Gasteiger charge is -1.98. The maximum absolute atomic E-state index is 11.9. The molecule has 0 unspecified atom stereocenters. The zero-order valence-corrected chi connectivity index (χ0v) is 14.8. The molecule has 2 aromatic heterocycles. The van der Waals surface area contributed by atoms with Crippen LogP contribution in [0.2, 0.25) is 0 Å². The number of amides is 1. The third-order valence-electron chi connectivity index (χ3n) is 2.93. The van der Waals surface area contributed by atoms with Crippen molar-refractivity contribution in [3.05, 3.63) is 76.7 Å². The van der Waals surface area contributed by atoms with Gasteiger partial charge in [0.15, 0.2) is 5.09 Å². The second-order valence-electron chi connectivity index (χ2n) is 4.63. The molecule has 0 spiro atoms. The van der Waals surface area contributed by atoms with E-state index in [1.165, 1.54) is 18.0 Å². The Kier molecular flexibility index (Phi) is 5.45. The zero-order valence-electron chi connectivity index (χ0n) is 12.3. The Labute approximate surface area is 151 Å². The van der Waals surface area contributed by atoms with Gasteiger partial charge < -0.3 is 4.42 Å². The molecule has 24 heavy (non-hydrogen) atoms. The van der Waals surface area contributed by atoms with Crippen molar-refractivity contribution < 1.29 is 9.21 Å². The summed E-state index contributed by atoms with van der Waals surface area (Å²) in [6, 6.07) is 14.9. The lowest BCUT2D eigenvalue weighted by molar-refractivity contribution is 0.0955. The van der Waals surface area contributed by atoms with Gasteiger partial charge in [0, 0.05) is 28.9 Å². The van der Waals surface area contributed by atoms with Gasteiger partial charge in [-0.3, -0.25) is 9.78 Å². The maximum Gasteiger partial charge on any atom is 0.271 e. The Balaban J connectivity index is 1.64. The number of carbonyl (C=O) groups excluding carboxylic acids is 1. The van der Waals surface area contributed by atoms with E-state index in [2.05, 4.69) is 31.4 Å². The van der Waals surface area contributed by atoms with E-state index < -0.39 is 0 Å². The highest BCUT2D eigenvalue weighted by atomic mass is 79.9. The molecular weight excluding hydrogens is 390 g/mol. The third kappa shape index (κ3) is 4.33. The number of benzene rings is 1.